The van der Waals surface area contributed by atoms with Gasteiger partial charge in [-0.2, -0.15) is 0 Å². The minimum absolute atomic E-state index is 0.510. The third-order valence-corrected chi connectivity index (χ3v) is 0.670. The zero-order valence-electron chi connectivity index (χ0n) is 4.60. The Bertz CT molecular complexity index is 50.1. The van der Waals surface area contributed by atoms with Crippen molar-refractivity contribution in [2.75, 3.05) is 6.54 Å². The van der Waals surface area contributed by atoms with Crippen LogP contribution in [-0.2, 0) is 0 Å². The van der Waals surface area contributed by atoms with Crippen molar-refractivity contribution in [2.45, 2.75) is 19.4 Å². The second-order valence-corrected chi connectivity index (χ2v) is 2.46. The van der Waals surface area contributed by atoms with Crippen molar-refractivity contribution in [3.05, 3.63) is 0 Å². The van der Waals surface area contributed by atoms with Crippen molar-refractivity contribution in [2.24, 2.45) is 0 Å². The molecule has 0 aromatic carbocycles. The maximum atomic E-state index is 8.91. The molecule has 0 radical (unpaired) electrons. The molecular formula is C4H11NOS. The minimum Gasteiger partial charge on any atom is -0.389 e. The maximum absolute atomic E-state index is 8.91. The van der Waals surface area contributed by atoms with Crippen molar-refractivity contribution in [3.8, 4) is 0 Å². The normalized spacial score (nSPS) is 12.0. The molecule has 0 fully saturated rings. The van der Waals surface area contributed by atoms with E-state index in [1.165, 1.54) is 0 Å². The van der Waals surface area contributed by atoms with E-state index in [1.54, 1.807) is 13.8 Å². The van der Waals surface area contributed by atoms with Gasteiger partial charge in [0.1, 0.15) is 0 Å². The number of thiol groups is 1. The molecule has 0 rings (SSSR count). The van der Waals surface area contributed by atoms with Crippen LogP contribution in [0.5, 0.6) is 0 Å². The predicted octanol–water partition coefficient (Wildman–Crippen LogP) is 0.192. The highest BCUT2D eigenvalue weighted by Gasteiger charge is 2.08. The summed E-state index contributed by atoms with van der Waals surface area (Å²) in [6, 6.07) is 0. The molecule has 0 bridgehead atoms. The van der Waals surface area contributed by atoms with Gasteiger partial charge in [0.05, 0.1) is 5.60 Å². The van der Waals surface area contributed by atoms with Gasteiger partial charge in [0.15, 0.2) is 0 Å². The van der Waals surface area contributed by atoms with E-state index < -0.39 is 5.60 Å². The van der Waals surface area contributed by atoms with Gasteiger partial charge in [-0.25, -0.2) is 0 Å². The van der Waals surface area contributed by atoms with E-state index in [1.807, 2.05) is 0 Å². The van der Waals surface area contributed by atoms with E-state index >= 15 is 0 Å². The lowest BCUT2D eigenvalue weighted by atomic mass is 10.1. The van der Waals surface area contributed by atoms with Crippen LogP contribution >= 0.6 is 12.8 Å². The molecule has 2 nitrogen and oxygen atoms in total. The average molecular weight is 121 g/mol. The van der Waals surface area contributed by atoms with Crippen LogP contribution in [0.1, 0.15) is 13.8 Å². The molecule has 0 aliphatic heterocycles. The smallest absolute Gasteiger partial charge is 0.0724 e. The quantitative estimate of drug-likeness (QED) is 0.456. The lowest BCUT2D eigenvalue weighted by Crippen LogP contribution is -2.30. The lowest BCUT2D eigenvalue weighted by molar-refractivity contribution is 0.0867. The first-order chi connectivity index (χ1) is 3.06. The third-order valence-electron chi connectivity index (χ3n) is 0.512. The van der Waals surface area contributed by atoms with Gasteiger partial charge in [-0.3, -0.25) is 4.72 Å². The molecule has 0 aromatic rings. The van der Waals surface area contributed by atoms with Crippen molar-refractivity contribution < 1.29 is 5.11 Å². The van der Waals surface area contributed by atoms with E-state index in [4.69, 9.17) is 5.11 Å². The van der Waals surface area contributed by atoms with Gasteiger partial charge in [0.25, 0.3) is 0 Å². The number of hydrogen-bond donors (Lipinski definition) is 3. The van der Waals surface area contributed by atoms with Crippen LogP contribution in [0.15, 0.2) is 0 Å². The second kappa shape index (κ2) is 2.55. The molecule has 0 amide bonds. The molecule has 2 N–H and O–H groups in total. The molecule has 3 heteroatoms. The van der Waals surface area contributed by atoms with Crippen LogP contribution in [0.25, 0.3) is 0 Å². The van der Waals surface area contributed by atoms with Crippen LogP contribution in [0.3, 0.4) is 0 Å². The molecule has 0 unspecified atom stereocenters. The molecule has 0 saturated heterocycles. The summed E-state index contributed by atoms with van der Waals surface area (Å²) in [7, 11) is 0. The molecule has 0 aliphatic rings. The van der Waals surface area contributed by atoms with Crippen molar-refractivity contribution in [1.82, 2.24) is 4.72 Å². The van der Waals surface area contributed by atoms with E-state index in [0.717, 1.165) is 0 Å². The van der Waals surface area contributed by atoms with E-state index in [0.29, 0.717) is 6.54 Å². The number of aliphatic hydroxyl groups is 1. The number of hydrogen-bond acceptors (Lipinski definition) is 3. The minimum atomic E-state index is -0.637. The lowest BCUT2D eigenvalue weighted by Gasteiger charge is -2.14. The van der Waals surface area contributed by atoms with Gasteiger partial charge in [0.2, 0.25) is 0 Å². The summed E-state index contributed by atoms with van der Waals surface area (Å²) in [6.07, 6.45) is 0. The monoisotopic (exact) mass is 121 g/mol. The standard InChI is InChI=1S/C4H11NOS/c1-4(2,6)3-5-7/h5-7H,3H2,1-2H3. The molecule has 44 valence electrons. The van der Waals surface area contributed by atoms with Gasteiger partial charge in [-0.05, 0) is 13.8 Å². The molecule has 0 atom stereocenters. The Balaban J connectivity index is 3.15. The fourth-order valence-electron chi connectivity index (χ4n) is 0.193. The summed E-state index contributed by atoms with van der Waals surface area (Å²) in [4.78, 5) is 0. The van der Waals surface area contributed by atoms with Crippen LogP contribution in [0.4, 0.5) is 0 Å². The molecule has 0 aliphatic carbocycles. The molecule has 0 spiro atoms. The van der Waals surface area contributed by atoms with Gasteiger partial charge < -0.3 is 5.11 Å². The second-order valence-electron chi connectivity index (χ2n) is 2.15. The Morgan fingerprint density at radius 3 is 2.14 bits per heavy atom. The number of rotatable bonds is 2. The zero-order chi connectivity index (χ0) is 5.91. The maximum Gasteiger partial charge on any atom is 0.0724 e. The fourth-order valence-corrected chi connectivity index (χ4v) is 0.580. The summed E-state index contributed by atoms with van der Waals surface area (Å²) in [5.74, 6) is 0. The SMILES string of the molecule is CC(C)(O)CNS. The van der Waals surface area contributed by atoms with Gasteiger partial charge in [-0.15, -0.1) is 0 Å². The van der Waals surface area contributed by atoms with Crippen LogP contribution in [0.2, 0.25) is 0 Å². The van der Waals surface area contributed by atoms with Gasteiger partial charge >= 0.3 is 0 Å². The number of nitrogens with one attached hydrogen (secondary N) is 1. The van der Waals surface area contributed by atoms with Crippen LogP contribution in [0, 0.1) is 0 Å². The fraction of sp³-hybridized carbons (Fsp3) is 1.00. The van der Waals surface area contributed by atoms with Crippen molar-refractivity contribution in [1.29, 1.82) is 0 Å². The third kappa shape index (κ3) is 6.27. The first-order valence-corrected chi connectivity index (χ1v) is 2.60. The largest absolute Gasteiger partial charge is 0.389 e. The highest BCUT2D eigenvalue weighted by molar-refractivity contribution is 7.78. The highest BCUT2D eigenvalue weighted by Crippen LogP contribution is 1.96. The van der Waals surface area contributed by atoms with Crippen molar-refractivity contribution >= 4 is 12.8 Å². The summed E-state index contributed by atoms with van der Waals surface area (Å²) in [6.45, 7) is 3.95. The van der Waals surface area contributed by atoms with Crippen molar-refractivity contribution in [3.63, 3.8) is 0 Å². The molecular weight excluding hydrogens is 110 g/mol. The highest BCUT2D eigenvalue weighted by atomic mass is 32.1. The molecule has 0 heterocycles. The van der Waals surface area contributed by atoms with E-state index in [-0.39, 0.29) is 0 Å². The summed E-state index contributed by atoms with van der Waals surface area (Å²) < 4.78 is 2.55. The Kier molecular flexibility index (Phi) is 2.64. The van der Waals surface area contributed by atoms with Crippen LogP contribution in [-0.4, -0.2) is 17.3 Å². The first kappa shape index (κ1) is 7.27. The summed E-state index contributed by atoms with van der Waals surface area (Å²) >= 11 is 3.70. The van der Waals surface area contributed by atoms with E-state index in [9.17, 15) is 0 Å². The molecule has 0 saturated carbocycles. The van der Waals surface area contributed by atoms with Gasteiger partial charge in [0, 0.05) is 6.54 Å². The summed E-state index contributed by atoms with van der Waals surface area (Å²) in [5.41, 5.74) is -0.637. The Morgan fingerprint density at radius 2 is 2.14 bits per heavy atom. The first-order valence-electron chi connectivity index (χ1n) is 2.15. The Labute approximate surface area is 49.5 Å². The average Bonchev–Trinajstić information content (AvgIpc) is 1.30. The Morgan fingerprint density at radius 1 is 1.71 bits per heavy atom. The predicted molar refractivity (Wildman–Crippen MR) is 33.3 cm³/mol. The van der Waals surface area contributed by atoms with Gasteiger partial charge in [-0.1, -0.05) is 12.8 Å². The summed E-state index contributed by atoms with van der Waals surface area (Å²) in [5, 5.41) is 8.91. The molecule has 7 heavy (non-hydrogen) atoms. The molecule has 0 aromatic heterocycles. The zero-order valence-corrected chi connectivity index (χ0v) is 5.50. The van der Waals surface area contributed by atoms with Crippen LogP contribution < -0.4 is 4.72 Å². The van der Waals surface area contributed by atoms with E-state index in [2.05, 4.69) is 17.5 Å². The topological polar surface area (TPSA) is 32.3 Å². The Hall–Kier alpha value is 0.270.